The van der Waals surface area contributed by atoms with Crippen molar-refractivity contribution in [2.45, 2.75) is 26.8 Å². The molecular weight excluding hydrogens is 184 g/mol. The van der Waals surface area contributed by atoms with E-state index < -0.39 is 0 Å². The van der Waals surface area contributed by atoms with E-state index in [1.54, 1.807) is 0 Å². The Hall–Kier alpha value is -1.28. The van der Waals surface area contributed by atoms with Gasteiger partial charge in [0.15, 0.2) is 0 Å². The van der Waals surface area contributed by atoms with Crippen LogP contribution in [-0.2, 0) is 13.0 Å². The highest BCUT2D eigenvalue weighted by Gasteiger charge is 2.12. The molecular formula is C13H16N2. The van der Waals surface area contributed by atoms with Crippen molar-refractivity contribution in [3.05, 3.63) is 34.5 Å². The zero-order valence-electron chi connectivity index (χ0n) is 9.28. The maximum absolute atomic E-state index is 3.45. The zero-order valence-corrected chi connectivity index (χ0v) is 9.28. The van der Waals surface area contributed by atoms with Gasteiger partial charge in [-0.3, -0.25) is 0 Å². The average Bonchev–Trinajstić information content (AvgIpc) is 2.52. The van der Waals surface area contributed by atoms with Crippen LogP contribution in [0.2, 0.25) is 0 Å². The Morgan fingerprint density at radius 1 is 1.13 bits per heavy atom. The third-order valence-electron chi connectivity index (χ3n) is 3.52. The molecule has 0 radical (unpaired) electrons. The summed E-state index contributed by atoms with van der Waals surface area (Å²) in [4.78, 5) is 3.45. The highest BCUT2D eigenvalue weighted by Crippen LogP contribution is 2.26. The highest BCUT2D eigenvalue weighted by atomic mass is 14.9. The maximum atomic E-state index is 3.45. The number of H-pyrrole nitrogens is 1. The maximum Gasteiger partial charge on any atom is 0.0462 e. The minimum atomic E-state index is 1.02. The van der Waals surface area contributed by atoms with Crippen molar-refractivity contribution in [2.24, 2.45) is 0 Å². The first-order chi connectivity index (χ1) is 7.25. The van der Waals surface area contributed by atoms with Crippen molar-refractivity contribution >= 4 is 10.9 Å². The van der Waals surface area contributed by atoms with Gasteiger partial charge in [0.25, 0.3) is 0 Å². The quantitative estimate of drug-likeness (QED) is 0.671. The number of aromatic nitrogens is 1. The number of nitrogens with one attached hydrogen (secondary N) is 2. The molecule has 0 saturated heterocycles. The molecule has 0 bridgehead atoms. The molecule has 0 amide bonds. The highest BCUT2D eigenvalue weighted by molar-refractivity contribution is 5.86. The predicted molar refractivity (Wildman–Crippen MR) is 63.2 cm³/mol. The monoisotopic (exact) mass is 200 g/mol. The third-order valence-corrected chi connectivity index (χ3v) is 3.52. The van der Waals surface area contributed by atoms with E-state index in [1.165, 1.54) is 33.3 Å². The van der Waals surface area contributed by atoms with Crippen LogP contribution in [0.5, 0.6) is 0 Å². The van der Waals surface area contributed by atoms with E-state index in [2.05, 4.69) is 36.3 Å². The molecule has 2 aromatic rings. The van der Waals surface area contributed by atoms with Crippen LogP contribution in [-0.4, -0.2) is 11.5 Å². The van der Waals surface area contributed by atoms with Crippen LogP contribution >= 0.6 is 0 Å². The van der Waals surface area contributed by atoms with E-state index in [-0.39, 0.29) is 0 Å². The number of hydrogen-bond donors (Lipinski definition) is 2. The van der Waals surface area contributed by atoms with Crippen molar-refractivity contribution in [3.8, 4) is 0 Å². The smallest absolute Gasteiger partial charge is 0.0462 e. The summed E-state index contributed by atoms with van der Waals surface area (Å²) in [6.07, 6.45) is 1.16. The fraction of sp³-hybridized carbons (Fsp3) is 0.385. The third kappa shape index (κ3) is 1.29. The molecule has 2 nitrogen and oxygen atoms in total. The zero-order chi connectivity index (χ0) is 10.4. The Labute approximate surface area is 89.7 Å². The summed E-state index contributed by atoms with van der Waals surface area (Å²) in [5.41, 5.74) is 6.94. The van der Waals surface area contributed by atoms with Gasteiger partial charge < -0.3 is 10.3 Å². The second kappa shape index (κ2) is 3.11. The Balaban J connectivity index is 2.30. The standard InChI is InChI=1S/C13H16N2/c1-8-9(2)15-13-6-11-7-14-4-3-10(11)5-12(8)13/h5-6,14-15H,3-4,7H2,1-2H3. The fourth-order valence-electron chi connectivity index (χ4n) is 2.44. The summed E-state index contributed by atoms with van der Waals surface area (Å²) in [5, 5.41) is 4.81. The molecule has 78 valence electrons. The van der Waals surface area contributed by atoms with E-state index in [9.17, 15) is 0 Å². The summed E-state index contributed by atoms with van der Waals surface area (Å²) >= 11 is 0. The molecule has 15 heavy (non-hydrogen) atoms. The molecule has 2 heteroatoms. The molecule has 0 atom stereocenters. The second-order valence-electron chi connectivity index (χ2n) is 4.47. The molecule has 0 aliphatic carbocycles. The van der Waals surface area contributed by atoms with Crippen molar-refractivity contribution in [2.75, 3.05) is 6.54 Å². The van der Waals surface area contributed by atoms with Crippen molar-refractivity contribution in [3.63, 3.8) is 0 Å². The number of aryl methyl sites for hydroxylation is 2. The van der Waals surface area contributed by atoms with E-state index in [4.69, 9.17) is 0 Å². The summed E-state index contributed by atoms with van der Waals surface area (Å²) in [6, 6.07) is 4.67. The summed E-state index contributed by atoms with van der Waals surface area (Å²) in [5.74, 6) is 0. The molecule has 0 spiro atoms. The van der Waals surface area contributed by atoms with Gasteiger partial charge in [-0.25, -0.2) is 0 Å². The van der Waals surface area contributed by atoms with Gasteiger partial charge in [0.05, 0.1) is 0 Å². The number of rotatable bonds is 0. The molecule has 1 aromatic carbocycles. The predicted octanol–water partition coefficient (Wildman–Crippen LogP) is 2.43. The summed E-state index contributed by atoms with van der Waals surface area (Å²) < 4.78 is 0. The Morgan fingerprint density at radius 3 is 2.87 bits per heavy atom. The number of benzene rings is 1. The minimum Gasteiger partial charge on any atom is -0.358 e. The molecule has 3 rings (SSSR count). The minimum absolute atomic E-state index is 1.02. The lowest BCUT2D eigenvalue weighted by Crippen LogP contribution is -2.23. The molecule has 0 fully saturated rings. The van der Waals surface area contributed by atoms with E-state index in [0.29, 0.717) is 0 Å². The average molecular weight is 200 g/mol. The number of hydrogen-bond acceptors (Lipinski definition) is 1. The van der Waals surface area contributed by atoms with Gasteiger partial charge in [0, 0.05) is 23.1 Å². The van der Waals surface area contributed by atoms with Gasteiger partial charge in [0.1, 0.15) is 0 Å². The molecule has 2 heterocycles. The van der Waals surface area contributed by atoms with Crippen molar-refractivity contribution < 1.29 is 0 Å². The van der Waals surface area contributed by atoms with Gasteiger partial charge in [-0.15, -0.1) is 0 Å². The van der Waals surface area contributed by atoms with E-state index in [1.807, 2.05) is 0 Å². The Bertz CT molecular complexity index is 523. The first kappa shape index (κ1) is 8.98. The molecule has 0 saturated carbocycles. The van der Waals surface area contributed by atoms with Crippen molar-refractivity contribution in [1.29, 1.82) is 0 Å². The molecule has 0 unspecified atom stereocenters. The Kier molecular flexibility index (Phi) is 1.86. The SMILES string of the molecule is Cc1[nH]c2cc3c(cc2c1C)CCNC3. The van der Waals surface area contributed by atoms with Gasteiger partial charge in [0.2, 0.25) is 0 Å². The molecule has 1 aliphatic rings. The lowest BCUT2D eigenvalue weighted by atomic mass is 9.98. The van der Waals surface area contributed by atoms with Crippen LogP contribution in [0.3, 0.4) is 0 Å². The van der Waals surface area contributed by atoms with Gasteiger partial charge in [-0.2, -0.15) is 0 Å². The summed E-state index contributed by atoms with van der Waals surface area (Å²) in [7, 11) is 0. The van der Waals surface area contributed by atoms with Gasteiger partial charge >= 0.3 is 0 Å². The van der Waals surface area contributed by atoms with E-state index >= 15 is 0 Å². The van der Waals surface area contributed by atoms with Crippen LogP contribution in [0.4, 0.5) is 0 Å². The Morgan fingerprint density at radius 2 is 2.00 bits per heavy atom. The van der Waals surface area contributed by atoms with Crippen molar-refractivity contribution in [1.82, 2.24) is 10.3 Å². The van der Waals surface area contributed by atoms with Crippen LogP contribution < -0.4 is 5.32 Å². The molecule has 1 aliphatic heterocycles. The largest absolute Gasteiger partial charge is 0.358 e. The van der Waals surface area contributed by atoms with Crippen LogP contribution in [0, 0.1) is 13.8 Å². The van der Waals surface area contributed by atoms with Crippen LogP contribution in [0.1, 0.15) is 22.4 Å². The molecule has 2 N–H and O–H groups in total. The lowest BCUT2D eigenvalue weighted by molar-refractivity contribution is 0.645. The fourth-order valence-corrected chi connectivity index (χ4v) is 2.44. The van der Waals surface area contributed by atoms with Gasteiger partial charge in [-0.05, 0) is 55.6 Å². The first-order valence-corrected chi connectivity index (χ1v) is 5.57. The van der Waals surface area contributed by atoms with Crippen LogP contribution in [0.15, 0.2) is 12.1 Å². The number of fused-ring (bicyclic) bond motifs is 2. The van der Waals surface area contributed by atoms with Gasteiger partial charge in [-0.1, -0.05) is 0 Å². The number of aromatic amines is 1. The normalized spacial score (nSPS) is 15.6. The first-order valence-electron chi connectivity index (χ1n) is 5.57. The summed E-state index contributed by atoms with van der Waals surface area (Å²) in [6.45, 7) is 6.47. The second-order valence-corrected chi connectivity index (χ2v) is 4.47. The topological polar surface area (TPSA) is 27.8 Å². The van der Waals surface area contributed by atoms with Crippen LogP contribution in [0.25, 0.3) is 10.9 Å². The van der Waals surface area contributed by atoms with E-state index in [0.717, 1.165) is 19.5 Å². The molecule has 1 aromatic heterocycles. The lowest BCUT2D eigenvalue weighted by Gasteiger charge is -2.16.